The van der Waals surface area contributed by atoms with Gasteiger partial charge in [-0.3, -0.25) is 4.79 Å². The number of methoxy groups -OCH3 is 1. The number of ether oxygens (including phenoxy) is 2. The van der Waals surface area contributed by atoms with E-state index in [0.29, 0.717) is 30.2 Å². The van der Waals surface area contributed by atoms with Crippen molar-refractivity contribution in [1.82, 2.24) is 5.32 Å². The van der Waals surface area contributed by atoms with Crippen LogP contribution in [0.25, 0.3) is 0 Å². The minimum absolute atomic E-state index is 0.131. The van der Waals surface area contributed by atoms with Crippen LogP contribution >= 0.6 is 0 Å². The Morgan fingerprint density at radius 1 is 0.906 bits per heavy atom. The number of nitrogens with zero attached hydrogens (tertiary/aromatic N) is 1. The van der Waals surface area contributed by atoms with Crippen LogP contribution in [-0.4, -0.2) is 19.6 Å². The lowest BCUT2D eigenvalue weighted by Crippen LogP contribution is -2.36. The Hall–Kier alpha value is -2.56. The van der Waals surface area contributed by atoms with Gasteiger partial charge in [0.05, 0.1) is 13.7 Å². The number of pyridine rings is 1. The fourth-order valence-electron chi connectivity index (χ4n) is 3.71. The lowest BCUT2D eigenvalue weighted by molar-refractivity contribution is -0.679. The van der Waals surface area contributed by atoms with Gasteiger partial charge in [-0.15, -0.1) is 0 Å². The van der Waals surface area contributed by atoms with Gasteiger partial charge in [0.2, 0.25) is 0 Å². The Morgan fingerprint density at radius 2 is 1.59 bits per heavy atom. The van der Waals surface area contributed by atoms with E-state index in [4.69, 9.17) is 9.47 Å². The highest BCUT2D eigenvalue weighted by Crippen LogP contribution is 2.28. The molecule has 2 rings (SSSR count). The molecule has 0 aliphatic rings. The van der Waals surface area contributed by atoms with E-state index in [2.05, 4.69) is 12.2 Å². The minimum atomic E-state index is -0.131. The average Bonchev–Trinajstić information content (AvgIpc) is 2.81. The third kappa shape index (κ3) is 9.29. The fraction of sp³-hybridized carbons (Fsp3) is 0.556. The molecule has 0 aliphatic carbocycles. The highest BCUT2D eigenvalue weighted by Gasteiger charge is 2.13. The predicted octanol–water partition coefficient (Wildman–Crippen LogP) is 5.75. The van der Waals surface area contributed by atoms with Gasteiger partial charge in [-0.2, -0.15) is 0 Å². The molecule has 1 heterocycles. The Balaban J connectivity index is 1.69. The van der Waals surface area contributed by atoms with Gasteiger partial charge in [-0.25, -0.2) is 4.57 Å². The lowest BCUT2D eigenvalue weighted by Gasteiger charge is -2.12. The van der Waals surface area contributed by atoms with Crippen molar-refractivity contribution < 1.29 is 18.8 Å². The van der Waals surface area contributed by atoms with Crippen molar-refractivity contribution in [3.8, 4) is 11.5 Å². The molecule has 2 aromatic rings. The summed E-state index contributed by atoms with van der Waals surface area (Å²) in [6.07, 6.45) is 15.0. The van der Waals surface area contributed by atoms with Gasteiger partial charge < -0.3 is 14.8 Å². The maximum Gasteiger partial charge on any atom is 0.251 e. The van der Waals surface area contributed by atoms with E-state index in [1.54, 1.807) is 19.2 Å². The molecule has 32 heavy (non-hydrogen) atoms. The number of amides is 1. The zero-order valence-corrected chi connectivity index (χ0v) is 20.2. The molecule has 0 spiro atoms. The third-order valence-corrected chi connectivity index (χ3v) is 5.77. The van der Waals surface area contributed by atoms with E-state index in [9.17, 15) is 4.79 Å². The maximum atomic E-state index is 12.6. The normalized spacial score (nSPS) is 10.7. The SMILES string of the molecule is CCCCCCCCCCCCOc1ccc(C(=O)NCc2cccc[n+]2C)cc1OC. The highest BCUT2D eigenvalue weighted by molar-refractivity contribution is 5.94. The van der Waals surface area contributed by atoms with Gasteiger partial charge in [-0.1, -0.05) is 70.8 Å². The quantitative estimate of drug-likeness (QED) is 0.267. The van der Waals surface area contributed by atoms with Crippen molar-refractivity contribution in [2.45, 2.75) is 77.7 Å². The maximum absolute atomic E-state index is 12.6. The molecule has 0 bridgehead atoms. The van der Waals surface area contributed by atoms with E-state index in [1.165, 1.54) is 57.8 Å². The summed E-state index contributed by atoms with van der Waals surface area (Å²) in [6, 6.07) is 11.3. The monoisotopic (exact) mass is 441 g/mol. The number of nitrogens with one attached hydrogen (secondary N) is 1. The number of carbonyl (C=O) groups is 1. The van der Waals surface area contributed by atoms with Crippen molar-refractivity contribution >= 4 is 5.91 Å². The first-order chi connectivity index (χ1) is 15.7. The van der Waals surface area contributed by atoms with E-state index in [-0.39, 0.29) is 5.91 Å². The molecule has 0 saturated carbocycles. The van der Waals surface area contributed by atoms with Gasteiger partial charge in [0.1, 0.15) is 13.6 Å². The van der Waals surface area contributed by atoms with Crippen molar-refractivity contribution in [2.24, 2.45) is 7.05 Å². The Kier molecular flexibility index (Phi) is 12.3. The van der Waals surface area contributed by atoms with E-state index >= 15 is 0 Å². The summed E-state index contributed by atoms with van der Waals surface area (Å²) < 4.78 is 13.4. The molecule has 5 nitrogen and oxygen atoms in total. The van der Waals surface area contributed by atoms with E-state index < -0.39 is 0 Å². The second kappa shape index (κ2) is 15.3. The van der Waals surface area contributed by atoms with Crippen molar-refractivity contribution in [2.75, 3.05) is 13.7 Å². The topological polar surface area (TPSA) is 51.4 Å². The number of unbranched alkanes of at least 4 members (excludes halogenated alkanes) is 9. The molecule has 0 aliphatic heterocycles. The summed E-state index contributed by atoms with van der Waals surface area (Å²) >= 11 is 0. The Morgan fingerprint density at radius 3 is 2.25 bits per heavy atom. The van der Waals surface area contributed by atoms with E-state index in [0.717, 1.165) is 12.1 Å². The molecular formula is C27H41N2O3+. The van der Waals surface area contributed by atoms with Gasteiger partial charge in [0.15, 0.2) is 23.4 Å². The predicted molar refractivity (Wildman–Crippen MR) is 129 cm³/mol. The summed E-state index contributed by atoms with van der Waals surface area (Å²) in [7, 11) is 3.57. The highest BCUT2D eigenvalue weighted by atomic mass is 16.5. The first kappa shape index (κ1) is 25.7. The average molecular weight is 442 g/mol. The number of benzene rings is 1. The minimum Gasteiger partial charge on any atom is -0.493 e. The van der Waals surface area contributed by atoms with Crippen molar-refractivity contribution in [1.29, 1.82) is 0 Å². The molecule has 1 amide bonds. The molecule has 1 N–H and O–H groups in total. The Bertz CT molecular complexity index is 807. The molecule has 0 atom stereocenters. The molecule has 5 heteroatoms. The van der Waals surface area contributed by atoms with Crippen LogP contribution in [0.2, 0.25) is 0 Å². The molecule has 1 aromatic carbocycles. The zero-order chi connectivity index (χ0) is 23.0. The Labute approximate surface area is 194 Å². The standard InChI is InChI=1S/C27H40N2O3/c1-4-5-6-7-8-9-10-11-12-15-20-32-25-18-17-23(21-26(25)31-3)27(30)28-22-24-16-13-14-19-29(24)2/h13-14,16-19,21H,4-12,15,20,22H2,1-3H3/p+1. The van der Waals surface area contributed by atoms with Crippen molar-refractivity contribution in [3.63, 3.8) is 0 Å². The number of hydrogen-bond acceptors (Lipinski definition) is 3. The first-order valence-corrected chi connectivity index (χ1v) is 12.2. The number of aromatic nitrogens is 1. The molecule has 176 valence electrons. The molecular weight excluding hydrogens is 400 g/mol. The fourth-order valence-corrected chi connectivity index (χ4v) is 3.71. The van der Waals surface area contributed by atoms with Gasteiger partial charge in [0.25, 0.3) is 5.91 Å². The summed E-state index contributed by atoms with van der Waals surface area (Å²) in [5, 5.41) is 2.96. The van der Waals surface area contributed by atoms with Crippen LogP contribution in [0, 0.1) is 0 Å². The number of hydrogen-bond donors (Lipinski definition) is 1. The number of rotatable bonds is 16. The van der Waals surface area contributed by atoms with Crippen molar-refractivity contribution in [3.05, 3.63) is 53.9 Å². The molecule has 0 radical (unpaired) electrons. The number of carbonyl (C=O) groups excluding carboxylic acids is 1. The molecule has 1 aromatic heterocycles. The smallest absolute Gasteiger partial charge is 0.251 e. The summed E-state index contributed by atoms with van der Waals surface area (Å²) in [5.41, 5.74) is 1.59. The summed E-state index contributed by atoms with van der Waals surface area (Å²) in [6.45, 7) is 3.40. The van der Waals surface area contributed by atoms with Gasteiger partial charge >= 0.3 is 0 Å². The second-order valence-corrected chi connectivity index (χ2v) is 8.38. The van der Waals surface area contributed by atoms with Gasteiger partial charge in [-0.05, 0) is 24.6 Å². The van der Waals surface area contributed by atoms with Crippen LogP contribution in [0.1, 0.15) is 87.2 Å². The molecule has 0 unspecified atom stereocenters. The zero-order valence-electron chi connectivity index (χ0n) is 20.2. The van der Waals surface area contributed by atoms with Crippen LogP contribution < -0.4 is 19.4 Å². The first-order valence-electron chi connectivity index (χ1n) is 12.2. The molecule has 0 saturated heterocycles. The number of aryl methyl sites for hydroxylation is 1. The van der Waals surface area contributed by atoms with E-state index in [1.807, 2.05) is 42.1 Å². The van der Waals surface area contributed by atoms with Crippen LogP contribution in [0.3, 0.4) is 0 Å². The van der Waals surface area contributed by atoms with Gasteiger partial charge in [0, 0.05) is 17.7 Å². The van der Waals surface area contributed by atoms with Crippen LogP contribution in [-0.2, 0) is 13.6 Å². The van der Waals surface area contributed by atoms with Crippen LogP contribution in [0.15, 0.2) is 42.6 Å². The summed E-state index contributed by atoms with van der Waals surface area (Å²) in [4.78, 5) is 12.6. The summed E-state index contributed by atoms with van der Waals surface area (Å²) in [5.74, 6) is 1.15. The van der Waals surface area contributed by atoms with Crippen LogP contribution in [0.4, 0.5) is 0 Å². The van der Waals surface area contributed by atoms with Crippen LogP contribution in [0.5, 0.6) is 11.5 Å². The lowest BCUT2D eigenvalue weighted by atomic mass is 10.1. The largest absolute Gasteiger partial charge is 0.493 e. The molecule has 0 fully saturated rings. The third-order valence-electron chi connectivity index (χ3n) is 5.77. The second-order valence-electron chi connectivity index (χ2n) is 8.38.